The van der Waals surface area contributed by atoms with E-state index >= 15 is 0 Å². The lowest BCUT2D eigenvalue weighted by Crippen LogP contribution is -2.33. The first-order chi connectivity index (χ1) is 8.74. The van der Waals surface area contributed by atoms with E-state index in [9.17, 15) is 4.79 Å². The predicted molar refractivity (Wildman–Crippen MR) is 72.2 cm³/mol. The van der Waals surface area contributed by atoms with E-state index in [1.54, 1.807) is 7.11 Å². The van der Waals surface area contributed by atoms with Gasteiger partial charge in [0.25, 0.3) is 0 Å². The van der Waals surface area contributed by atoms with Crippen molar-refractivity contribution in [2.45, 2.75) is 32.2 Å². The zero-order valence-electron chi connectivity index (χ0n) is 11.2. The summed E-state index contributed by atoms with van der Waals surface area (Å²) in [6.45, 7) is 3.78. The Labute approximate surface area is 109 Å². The molecule has 0 saturated carbocycles. The van der Waals surface area contributed by atoms with Gasteiger partial charge in [0.05, 0.1) is 13.7 Å². The third kappa shape index (κ3) is 2.91. The van der Waals surface area contributed by atoms with Gasteiger partial charge in [0.1, 0.15) is 5.75 Å². The average molecular weight is 247 g/mol. The highest BCUT2D eigenvalue weighted by Gasteiger charge is 2.24. The lowest BCUT2D eigenvalue weighted by atomic mass is 10.1. The lowest BCUT2D eigenvalue weighted by molar-refractivity contribution is 0.0920. The molecule has 98 valence electrons. The van der Waals surface area contributed by atoms with Gasteiger partial charge in [0, 0.05) is 11.6 Å². The number of methoxy groups -OCH3 is 1. The molecule has 1 aromatic carbocycles. The summed E-state index contributed by atoms with van der Waals surface area (Å²) in [6.07, 6.45) is 3.57. The molecule has 0 aliphatic carbocycles. The third-order valence-corrected chi connectivity index (χ3v) is 3.71. The number of carbonyl (C=O) groups is 1. The largest absolute Gasteiger partial charge is 0.497 e. The lowest BCUT2D eigenvalue weighted by Gasteiger charge is -2.22. The Bertz CT molecular complexity index is 417. The number of rotatable bonds is 5. The van der Waals surface area contributed by atoms with Crippen LogP contribution in [0.3, 0.4) is 0 Å². The van der Waals surface area contributed by atoms with Gasteiger partial charge in [-0.15, -0.1) is 0 Å². The number of carbonyl (C=O) groups excluding carboxylic acids is 1. The van der Waals surface area contributed by atoms with Gasteiger partial charge in [-0.1, -0.05) is 19.1 Å². The standard InChI is InChI=1S/C15H21NO2/c1-3-13-7-5-9-16(13)11-15(17)12-6-4-8-14(10-12)18-2/h4,6,8,10,13H,3,5,7,9,11H2,1-2H3. The number of ether oxygens (including phenoxy) is 1. The van der Waals surface area contributed by atoms with Crippen LogP contribution >= 0.6 is 0 Å². The molecule has 0 bridgehead atoms. The number of hydrogen-bond donors (Lipinski definition) is 0. The van der Waals surface area contributed by atoms with Crippen LogP contribution in [0.1, 0.15) is 36.5 Å². The van der Waals surface area contributed by atoms with Gasteiger partial charge >= 0.3 is 0 Å². The molecule has 0 spiro atoms. The molecule has 1 fully saturated rings. The smallest absolute Gasteiger partial charge is 0.176 e. The van der Waals surface area contributed by atoms with Crippen molar-refractivity contribution in [2.75, 3.05) is 20.2 Å². The molecule has 2 rings (SSSR count). The minimum Gasteiger partial charge on any atom is -0.497 e. The Kier molecular flexibility index (Phi) is 4.37. The molecule has 0 aromatic heterocycles. The fourth-order valence-corrected chi connectivity index (χ4v) is 2.64. The molecule has 1 aromatic rings. The molecular weight excluding hydrogens is 226 g/mol. The van der Waals surface area contributed by atoms with Gasteiger partial charge in [-0.3, -0.25) is 9.69 Å². The molecule has 18 heavy (non-hydrogen) atoms. The van der Waals surface area contributed by atoms with Crippen LogP contribution < -0.4 is 4.74 Å². The molecule has 1 aliphatic rings. The highest BCUT2D eigenvalue weighted by molar-refractivity contribution is 5.98. The summed E-state index contributed by atoms with van der Waals surface area (Å²) in [6, 6.07) is 8.00. The van der Waals surface area contributed by atoms with Crippen LogP contribution in [0.25, 0.3) is 0 Å². The monoisotopic (exact) mass is 247 g/mol. The fourth-order valence-electron chi connectivity index (χ4n) is 2.64. The Morgan fingerprint density at radius 1 is 1.50 bits per heavy atom. The van der Waals surface area contributed by atoms with Crippen LogP contribution in [0.4, 0.5) is 0 Å². The average Bonchev–Trinajstić information content (AvgIpc) is 2.86. The Hall–Kier alpha value is -1.35. The van der Waals surface area contributed by atoms with E-state index in [2.05, 4.69) is 11.8 Å². The number of Topliss-reactive ketones (excluding diaryl/α,β-unsaturated/α-hetero) is 1. The molecule has 1 aliphatic heterocycles. The molecule has 1 saturated heterocycles. The van der Waals surface area contributed by atoms with Crippen molar-refractivity contribution in [3.63, 3.8) is 0 Å². The number of nitrogens with zero attached hydrogens (tertiary/aromatic N) is 1. The first-order valence-electron chi connectivity index (χ1n) is 6.66. The normalized spacial score (nSPS) is 20.0. The van der Waals surface area contributed by atoms with Crippen LogP contribution in [0.2, 0.25) is 0 Å². The maximum Gasteiger partial charge on any atom is 0.176 e. The quantitative estimate of drug-likeness (QED) is 0.749. The van der Waals surface area contributed by atoms with Crippen LogP contribution in [-0.4, -0.2) is 36.9 Å². The summed E-state index contributed by atoms with van der Waals surface area (Å²) in [7, 11) is 1.62. The maximum atomic E-state index is 12.2. The summed E-state index contributed by atoms with van der Waals surface area (Å²) in [5.74, 6) is 0.934. The fraction of sp³-hybridized carbons (Fsp3) is 0.533. The number of hydrogen-bond acceptors (Lipinski definition) is 3. The van der Waals surface area contributed by atoms with Crippen molar-refractivity contribution in [1.82, 2.24) is 4.90 Å². The topological polar surface area (TPSA) is 29.5 Å². The van der Waals surface area contributed by atoms with Gasteiger partial charge in [-0.2, -0.15) is 0 Å². The maximum absolute atomic E-state index is 12.2. The van der Waals surface area contributed by atoms with E-state index in [1.807, 2.05) is 24.3 Å². The summed E-state index contributed by atoms with van der Waals surface area (Å²) in [5.41, 5.74) is 0.746. The second-order valence-corrected chi connectivity index (χ2v) is 4.83. The predicted octanol–water partition coefficient (Wildman–Crippen LogP) is 2.75. The van der Waals surface area contributed by atoms with Crippen molar-refractivity contribution in [1.29, 1.82) is 0 Å². The zero-order chi connectivity index (χ0) is 13.0. The first-order valence-corrected chi connectivity index (χ1v) is 6.66. The molecule has 1 unspecified atom stereocenters. The van der Waals surface area contributed by atoms with Crippen LogP contribution in [0, 0.1) is 0 Å². The molecule has 0 amide bonds. The molecule has 1 atom stereocenters. The highest BCUT2D eigenvalue weighted by Crippen LogP contribution is 2.20. The third-order valence-electron chi connectivity index (χ3n) is 3.71. The molecule has 3 heteroatoms. The number of benzene rings is 1. The second-order valence-electron chi connectivity index (χ2n) is 4.83. The summed E-state index contributed by atoms with van der Waals surface area (Å²) in [4.78, 5) is 14.5. The second kappa shape index (κ2) is 6.01. The van der Waals surface area contributed by atoms with Gasteiger partial charge in [-0.05, 0) is 37.9 Å². The Balaban J connectivity index is 2.02. The zero-order valence-corrected chi connectivity index (χ0v) is 11.2. The van der Waals surface area contributed by atoms with Gasteiger partial charge in [0.15, 0.2) is 5.78 Å². The van der Waals surface area contributed by atoms with E-state index in [0.717, 1.165) is 24.3 Å². The van der Waals surface area contributed by atoms with E-state index < -0.39 is 0 Å². The minimum absolute atomic E-state index is 0.189. The molecule has 1 heterocycles. The van der Waals surface area contributed by atoms with E-state index in [0.29, 0.717) is 12.6 Å². The van der Waals surface area contributed by atoms with E-state index in [4.69, 9.17) is 4.74 Å². The molecule has 3 nitrogen and oxygen atoms in total. The van der Waals surface area contributed by atoms with Crippen LogP contribution in [0.15, 0.2) is 24.3 Å². The van der Waals surface area contributed by atoms with E-state index in [1.165, 1.54) is 12.8 Å². The Morgan fingerprint density at radius 2 is 2.33 bits per heavy atom. The summed E-state index contributed by atoms with van der Waals surface area (Å²) < 4.78 is 5.15. The number of likely N-dealkylation sites (tertiary alicyclic amines) is 1. The summed E-state index contributed by atoms with van der Waals surface area (Å²) >= 11 is 0. The van der Waals surface area contributed by atoms with Crippen LogP contribution in [-0.2, 0) is 0 Å². The first kappa shape index (κ1) is 13.1. The van der Waals surface area contributed by atoms with Crippen molar-refractivity contribution in [3.05, 3.63) is 29.8 Å². The Morgan fingerprint density at radius 3 is 3.06 bits per heavy atom. The van der Waals surface area contributed by atoms with Crippen molar-refractivity contribution >= 4 is 5.78 Å². The van der Waals surface area contributed by atoms with Gasteiger partial charge < -0.3 is 4.74 Å². The summed E-state index contributed by atoms with van der Waals surface area (Å²) in [5, 5.41) is 0. The van der Waals surface area contributed by atoms with E-state index in [-0.39, 0.29) is 5.78 Å². The van der Waals surface area contributed by atoms with Crippen molar-refractivity contribution < 1.29 is 9.53 Å². The van der Waals surface area contributed by atoms with Crippen molar-refractivity contribution in [3.8, 4) is 5.75 Å². The molecule has 0 N–H and O–H groups in total. The van der Waals surface area contributed by atoms with Crippen LogP contribution in [0.5, 0.6) is 5.75 Å². The minimum atomic E-state index is 0.189. The number of ketones is 1. The molecular formula is C15H21NO2. The highest BCUT2D eigenvalue weighted by atomic mass is 16.5. The molecule has 0 radical (unpaired) electrons. The van der Waals surface area contributed by atoms with Gasteiger partial charge in [-0.25, -0.2) is 0 Å². The SMILES string of the molecule is CCC1CCCN1CC(=O)c1cccc(OC)c1. The van der Waals surface area contributed by atoms with Gasteiger partial charge in [0.2, 0.25) is 0 Å². The van der Waals surface area contributed by atoms with Crippen molar-refractivity contribution in [2.24, 2.45) is 0 Å².